The molecule has 0 aliphatic rings. The number of halogens is 2. The second-order valence-corrected chi connectivity index (χ2v) is 5.50. The number of hydrogen-bond donors (Lipinski definition) is 1. The van der Waals surface area contributed by atoms with E-state index in [9.17, 15) is 4.39 Å². The summed E-state index contributed by atoms with van der Waals surface area (Å²) in [7, 11) is 0. The van der Waals surface area contributed by atoms with Gasteiger partial charge in [-0.05, 0) is 54.7 Å². The van der Waals surface area contributed by atoms with E-state index < -0.39 is 0 Å². The molecular weight excluding hydrogens is 293 g/mol. The molecule has 1 aromatic rings. The molecule has 100 valence electrons. The molecule has 0 amide bonds. The molecule has 0 bridgehead atoms. The molecule has 0 aromatic heterocycles. The maximum absolute atomic E-state index is 14.1. The molecule has 3 heteroatoms. The highest BCUT2D eigenvalue weighted by Crippen LogP contribution is 2.27. The smallest absolute Gasteiger partial charge is 0.142 e. The van der Waals surface area contributed by atoms with Crippen LogP contribution in [0.15, 0.2) is 34.8 Å². The van der Waals surface area contributed by atoms with Crippen LogP contribution in [0, 0.1) is 5.82 Å². The van der Waals surface area contributed by atoms with Crippen LogP contribution in [0.3, 0.4) is 0 Å². The quantitative estimate of drug-likeness (QED) is 0.700. The van der Waals surface area contributed by atoms with Crippen molar-refractivity contribution in [3.05, 3.63) is 46.2 Å². The summed E-state index contributed by atoms with van der Waals surface area (Å²) in [5, 5.41) is 3.41. The summed E-state index contributed by atoms with van der Waals surface area (Å²) >= 11 is 3.24. The Labute approximate surface area is 118 Å². The van der Waals surface area contributed by atoms with Crippen LogP contribution in [0.5, 0.6) is 0 Å². The summed E-state index contributed by atoms with van der Waals surface area (Å²) < 4.78 is 14.6. The molecule has 1 N–H and O–H groups in total. The van der Waals surface area contributed by atoms with E-state index in [1.165, 1.54) is 0 Å². The molecule has 0 fully saturated rings. The van der Waals surface area contributed by atoms with Crippen LogP contribution in [0.25, 0.3) is 0 Å². The van der Waals surface area contributed by atoms with Gasteiger partial charge in [0.05, 0.1) is 4.47 Å². The number of nitrogens with one attached hydrogen (secondary N) is 1. The first kappa shape index (κ1) is 15.4. The first-order valence-electron chi connectivity index (χ1n) is 6.38. The molecule has 0 saturated carbocycles. The monoisotopic (exact) mass is 313 g/mol. The first-order valence-corrected chi connectivity index (χ1v) is 7.17. The van der Waals surface area contributed by atoms with Gasteiger partial charge in [-0.2, -0.15) is 0 Å². The predicted molar refractivity (Wildman–Crippen MR) is 79.2 cm³/mol. The molecule has 1 rings (SSSR count). The van der Waals surface area contributed by atoms with Crippen LogP contribution in [-0.2, 0) is 0 Å². The van der Waals surface area contributed by atoms with Crippen LogP contribution < -0.4 is 5.32 Å². The van der Waals surface area contributed by atoms with E-state index in [-0.39, 0.29) is 11.9 Å². The highest BCUT2D eigenvalue weighted by molar-refractivity contribution is 9.10. The Morgan fingerprint density at radius 2 is 2.22 bits per heavy atom. The van der Waals surface area contributed by atoms with Gasteiger partial charge in [0.25, 0.3) is 0 Å². The molecule has 1 aromatic carbocycles. The van der Waals surface area contributed by atoms with E-state index in [2.05, 4.69) is 34.7 Å². The topological polar surface area (TPSA) is 12.0 Å². The van der Waals surface area contributed by atoms with Gasteiger partial charge < -0.3 is 5.32 Å². The van der Waals surface area contributed by atoms with Crippen LogP contribution in [0.4, 0.5) is 4.39 Å². The van der Waals surface area contributed by atoms with Crippen molar-refractivity contribution in [1.29, 1.82) is 0 Å². The van der Waals surface area contributed by atoms with Gasteiger partial charge in [0.1, 0.15) is 5.82 Å². The minimum Gasteiger partial charge on any atom is -0.310 e. The Hall–Kier alpha value is -0.670. The Kier molecular flexibility index (Phi) is 6.58. The summed E-state index contributed by atoms with van der Waals surface area (Å²) in [5.74, 6) is -0.159. The van der Waals surface area contributed by atoms with E-state index in [4.69, 9.17) is 0 Å². The maximum atomic E-state index is 14.1. The lowest BCUT2D eigenvalue weighted by Gasteiger charge is -2.20. The number of allylic oxidation sites excluding steroid dienone is 1. The normalized spacial score (nSPS) is 12.4. The van der Waals surface area contributed by atoms with Crippen molar-refractivity contribution >= 4 is 15.9 Å². The maximum Gasteiger partial charge on any atom is 0.142 e. The Morgan fingerprint density at radius 1 is 1.50 bits per heavy atom. The molecule has 1 atom stereocenters. The lowest BCUT2D eigenvalue weighted by Crippen LogP contribution is -2.23. The van der Waals surface area contributed by atoms with Crippen LogP contribution in [0.2, 0.25) is 0 Å². The van der Waals surface area contributed by atoms with E-state index >= 15 is 0 Å². The van der Waals surface area contributed by atoms with Crippen molar-refractivity contribution in [2.45, 2.75) is 39.2 Å². The Balaban J connectivity index is 2.86. The molecule has 0 radical (unpaired) electrons. The van der Waals surface area contributed by atoms with Gasteiger partial charge in [0.2, 0.25) is 0 Å². The lowest BCUT2D eigenvalue weighted by molar-refractivity contribution is 0.472. The summed E-state index contributed by atoms with van der Waals surface area (Å²) in [6, 6.07) is 5.52. The molecule has 1 unspecified atom stereocenters. The van der Waals surface area contributed by atoms with Gasteiger partial charge in [-0.1, -0.05) is 24.6 Å². The summed E-state index contributed by atoms with van der Waals surface area (Å²) in [6.07, 6.45) is 2.83. The van der Waals surface area contributed by atoms with Crippen molar-refractivity contribution in [2.24, 2.45) is 0 Å². The van der Waals surface area contributed by atoms with Crippen LogP contribution >= 0.6 is 15.9 Å². The van der Waals surface area contributed by atoms with Crippen molar-refractivity contribution in [2.75, 3.05) is 6.54 Å². The van der Waals surface area contributed by atoms with Gasteiger partial charge in [-0.15, -0.1) is 6.58 Å². The minimum absolute atomic E-state index is 0.0548. The average Bonchev–Trinajstić information content (AvgIpc) is 2.33. The van der Waals surface area contributed by atoms with Gasteiger partial charge in [0.15, 0.2) is 0 Å². The molecule has 18 heavy (non-hydrogen) atoms. The highest BCUT2D eigenvalue weighted by atomic mass is 79.9. The molecule has 0 aliphatic carbocycles. The third-order valence-corrected chi connectivity index (χ3v) is 3.47. The standard InChI is InChI=1S/C15H21BrFN/c1-4-10-18-14(9-8-11(2)3)12-6-5-7-13(16)15(12)17/h5-7,14,18H,2,4,8-10H2,1,3H3. The van der Waals surface area contributed by atoms with Gasteiger partial charge in [-0.3, -0.25) is 0 Å². The van der Waals surface area contributed by atoms with Crippen molar-refractivity contribution in [3.63, 3.8) is 0 Å². The van der Waals surface area contributed by atoms with Crippen molar-refractivity contribution < 1.29 is 4.39 Å². The highest BCUT2D eigenvalue weighted by Gasteiger charge is 2.16. The molecule has 0 heterocycles. The molecular formula is C15H21BrFN. The number of rotatable bonds is 7. The summed E-state index contributed by atoms with van der Waals surface area (Å²) in [4.78, 5) is 0. The van der Waals surface area contributed by atoms with E-state index in [1.807, 2.05) is 19.1 Å². The summed E-state index contributed by atoms with van der Waals surface area (Å²) in [6.45, 7) is 8.93. The van der Waals surface area contributed by atoms with Crippen LogP contribution in [0.1, 0.15) is 44.7 Å². The van der Waals surface area contributed by atoms with Crippen LogP contribution in [-0.4, -0.2) is 6.54 Å². The predicted octanol–water partition coefficient (Wildman–Crippen LogP) is 4.99. The molecule has 1 nitrogen and oxygen atoms in total. The van der Waals surface area contributed by atoms with Crippen molar-refractivity contribution in [3.8, 4) is 0 Å². The SMILES string of the molecule is C=C(C)CCC(NCCC)c1cccc(Br)c1F. The van der Waals surface area contributed by atoms with E-state index in [0.29, 0.717) is 4.47 Å². The Bertz CT molecular complexity index is 403. The van der Waals surface area contributed by atoms with Gasteiger partial charge in [-0.25, -0.2) is 4.39 Å². The van der Waals surface area contributed by atoms with Gasteiger partial charge in [0, 0.05) is 11.6 Å². The first-order chi connectivity index (χ1) is 8.56. The molecule has 0 saturated heterocycles. The zero-order valence-corrected chi connectivity index (χ0v) is 12.7. The largest absolute Gasteiger partial charge is 0.310 e. The van der Waals surface area contributed by atoms with Crippen molar-refractivity contribution in [1.82, 2.24) is 5.32 Å². The zero-order valence-electron chi connectivity index (χ0n) is 11.1. The fraction of sp³-hybridized carbons (Fsp3) is 0.467. The zero-order chi connectivity index (χ0) is 13.5. The van der Waals surface area contributed by atoms with Gasteiger partial charge >= 0.3 is 0 Å². The molecule has 0 aliphatic heterocycles. The summed E-state index contributed by atoms with van der Waals surface area (Å²) in [5.41, 5.74) is 1.87. The second kappa shape index (κ2) is 7.70. The Morgan fingerprint density at radius 3 is 2.83 bits per heavy atom. The fourth-order valence-corrected chi connectivity index (χ4v) is 2.25. The average molecular weight is 314 g/mol. The minimum atomic E-state index is -0.159. The van der Waals surface area contributed by atoms with E-state index in [0.717, 1.165) is 36.9 Å². The van der Waals surface area contributed by atoms with E-state index in [1.54, 1.807) is 6.07 Å². The number of benzene rings is 1. The lowest BCUT2D eigenvalue weighted by atomic mass is 9.99. The third kappa shape index (κ3) is 4.54. The second-order valence-electron chi connectivity index (χ2n) is 4.65. The number of hydrogen-bond acceptors (Lipinski definition) is 1. The fourth-order valence-electron chi connectivity index (χ4n) is 1.87. The third-order valence-electron chi connectivity index (χ3n) is 2.86. The molecule has 0 spiro atoms.